The van der Waals surface area contributed by atoms with Crippen LogP contribution in [0.15, 0.2) is 24.4 Å². The van der Waals surface area contributed by atoms with Gasteiger partial charge in [-0.05, 0) is 12.1 Å². The van der Waals surface area contributed by atoms with Crippen LogP contribution in [0.4, 0.5) is 15.8 Å². The summed E-state index contributed by atoms with van der Waals surface area (Å²) in [5.41, 5.74) is -0.746. The van der Waals surface area contributed by atoms with Crippen LogP contribution in [0.25, 0.3) is 0 Å². The average Bonchev–Trinajstić information content (AvgIpc) is 2.82. The van der Waals surface area contributed by atoms with Crippen LogP contribution in [0.1, 0.15) is 16.1 Å². The molecule has 2 N–H and O–H groups in total. The van der Waals surface area contributed by atoms with Gasteiger partial charge in [0.25, 0.3) is 5.69 Å². The van der Waals surface area contributed by atoms with Gasteiger partial charge in [0, 0.05) is 13.2 Å². The molecule has 2 aromatic rings. The molecule has 0 aliphatic heterocycles. The molecule has 0 saturated heterocycles. The molecular formula is C12H11FN4O4. The third kappa shape index (κ3) is 2.96. The van der Waals surface area contributed by atoms with Gasteiger partial charge in [-0.15, -0.1) is 0 Å². The second-order valence-corrected chi connectivity index (χ2v) is 4.21. The fourth-order valence-electron chi connectivity index (χ4n) is 1.78. The van der Waals surface area contributed by atoms with Crippen LogP contribution >= 0.6 is 0 Å². The topological polar surface area (TPSA) is 110 Å². The molecule has 0 fully saturated rings. The number of aryl methyl sites for hydroxylation is 1. The predicted octanol–water partition coefficient (Wildman–Crippen LogP) is 1.78. The third-order valence-corrected chi connectivity index (χ3v) is 2.89. The fraction of sp³-hybridized carbons (Fsp3) is 0.167. The number of nitro benzene ring substituents is 1. The summed E-state index contributed by atoms with van der Waals surface area (Å²) in [6, 6.07) is 3.20. The number of nitrogens with zero attached hydrogens (tertiary/aromatic N) is 3. The number of aromatic carboxylic acids is 1. The highest BCUT2D eigenvalue weighted by molar-refractivity contribution is 5.93. The minimum Gasteiger partial charge on any atom is -0.477 e. The van der Waals surface area contributed by atoms with E-state index in [0.717, 1.165) is 11.8 Å². The number of aromatic nitrogens is 2. The zero-order valence-corrected chi connectivity index (χ0v) is 10.9. The minimum atomic E-state index is -1.50. The Morgan fingerprint density at radius 2 is 2.29 bits per heavy atom. The van der Waals surface area contributed by atoms with Crippen molar-refractivity contribution in [3.05, 3.63) is 51.6 Å². The summed E-state index contributed by atoms with van der Waals surface area (Å²) in [6.07, 6.45) is 1.56. The summed E-state index contributed by atoms with van der Waals surface area (Å²) < 4.78 is 15.4. The molecule has 0 atom stereocenters. The first-order valence-corrected chi connectivity index (χ1v) is 5.82. The summed E-state index contributed by atoms with van der Waals surface area (Å²) in [4.78, 5) is 20.8. The maximum atomic E-state index is 13.8. The molecule has 9 heteroatoms. The van der Waals surface area contributed by atoms with Gasteiger partial charge >= 0.3 is 5.97 Å². The second kappa shape index (κ2) is 5.57. The molecule has 8 nitrogen and oxygen atoms in total. The number of hydrogen-bond donors (Lipinski definition) is 2. The number of halogens is 1. The van der Waals surface area contributed by atoms with E-state index in [-0.39, 0.29) is 12.2 Å². The maximum Gasteiger partial charge on any atom is 0.342 e. The SMILES string of the molecule is Cn1nccc1CNc1cc(C(=O)O)c([N+](=O)[O-])cc1F. The summed E-state index contributed by atoms with van der Waals surface area (Å²) in [6.45, 7) is 0.199. The van der Waals surface area contributed by atoms with Crippen LogP contribution in [-0.4, -0.2) is 25.8 Å². The fourth-order valence-corrected chi connectivity index (χ4v) is 1.78. The van der Waals surface area contributed by atoms with E-state index in [4.69, 9.17) is 5.11 Å². The lowest BCUT2D eigenvalue weighted by atomic mass is 10.1. The van der Waals surface area contributed by atoms with Crippen LogP contribution in [0.3, 0.4) is 0 Å². The summed E-state index contributed by atoms with van der Waals surface area (Å²) in [5.74, 6) is -2.39. The Morgan fingerprint density at radius 3 is 2.81 bits per heavy atom. The standard InChI is InChI=1S/C12H11FN4O4/c1-16-7(2-3-15-16)6-14-10-4-8(12(18)19)11(17(20)21)5-9(10)13/h2-5,14H,6H2,1H3,(H,18,19). The molecule has 0 spiro atoms. The number of nitro groups is 1. The van der Waals surface area contributed by atoms with Gasteiger partial charge in [0.1, 0.15) is 5.56 Å². The van der Waals surface area contributed by atoms with Gasteiger partial charge in [0.15, 0.2) is 5.82 Å². The van der Waals surface area contributed by atoms with Gasteiger partial charge in [-0.2, -0.15) is 5.10 Å². The molecule has 0 bridgehead atoms. The quantitative estimate of drug-likeness (QED) is 0.642. The van der Waals surface area contributed by atoms with Crippen LogP contribution in [0.2, 0.25) is 0 Å². The van der Waals surface area contributed by atoms with E-state index in [1.807, 2.05) is 0 Å². The van der Waals surface area contributed by atoms with E-state index in [9.17, 15) is 19.3 Å². The van der Waals surface area contributed by atoms with Crippen molar-refractivity contribution in [1.82, 2.24) is 9.78 Å². The molecule has 1 aromatic heterocycles. The van der Waals surface area contributed by atoms with Gasteiger partial charge in [-0.25, -0.2) is 9.18 Å². The van der Waals surface area contributed by atoms with Crippen LogP contribution < -0.4 is 5.32 Å². The molecule has 0 saturated carbocycles. The monoisotopic (exact) mass is 294 g/mol. The van der Waals surface area contributed by atoms with E-state index < -0.39 is 28.0 Å². The summed E-state index contributed by atoms with van der Waals surface area (Å²) >= 11 is 0. The summed E-state index contributed by atoms with van der Waals surface area (Å²) in [7, 11) is 1.70. The summed E-state index contributed by atoms with van der Waals surface area (Å²) in [5, 5.41) is 26.3. The number of anilines is 1. The van der Waals surface area contributed by atoms with Gasteiger partial charge in [-0.1, -0.05) is 0 Å². The highest BCUT2D eigenvalue weighted by Gasteiger charge is 2.23. The van der Waals surface area contributed by atoms with Crippen molar-refractivity contribution in [2.24, 2.45) is 7.05 Å². The van der Waals surface area contributed by atoms with Crippen molar-refractivity contribution < 1.29 is 19.2 Å². The molecule has 2 rings (SSSR count). The van der Waals surface area contributed by atoms with E-state index in [0.29, 0.717) is 6.07 Å². The van der Waals surface area contributed by atoms with Crippen molar-refractivity contribution >= 4 is 17.3 Å². The van der Waals surface area contributed by atoms with E-state index in [2.05, 4.69) is 10.4 Å². The number of hydrogen-bond acceptors (Lipinski definition) is 5. The molecule has 0 aliphatic rings. The van der Waals surface area contributed by atoms with E-state index in [1.54, 1.807) is 24.0 Å². The Bertz CT molecular complexity index is 713. The lowest BCUT2D eigenvalue weighted by Crippen LogP contribution is -2.09. The molecule has 1 heterocycles. The van der Waals surface area contributed by atoms with Crippen molar-refractivity contribution in [2.45, 2.75) is 6.54 Å². The first-order chi connectivity index (χ1) is 9.90. The van der Waals surface area contributed by atoms with E-state index in [1.165, 1.54) is 0 Å². The highest BCUT2D eigenvalue weighted by Crippen LogP contribution is 2.26. The molecule has 0 unspecified atom stereocenters. The van der Waals surface area contributed by atoms with E-state index >= 15 is 0 Å². The maximum absolute atomic E-state index is 13.8. The van der Waals surface area contributed by atoms with Gasteiger partial charge < -0.3 is 10.4 Å². The molecule has 0 radical (unpaired) electrons. The Morgan fingerprint density at radius 1 is 1.57 bits per heavy atom. The lowest BCUT2D eigenvalue weighted by Gasteiger charge is -2.09. The molecule has 21 heavy (non-hydrogen) atoms. The largest absolute Gasteiger partial charge is 0.477 e. The second-order valence-electron chi connectivity index (χ2n) is 4.21. The van der Waals surface area contributed by atoms with Crippen molar-refractivity contribution in [3.8, 4) is 0 Å². The van der Waals surface area contributed by atoms with Crippen molar-refractivity contribution in [2.75, 3.05) is 5.32 Å². The number of rotatable bonds is 5. The molecule has 0 amide bonds. The number of carboxylic acids is 1. The number of benzene rings is 1. The first-order valence-electron chi connectivity index (χ1n) is 5.82. The minimum absolute atomic E-state index is 0.126. The Hall–Kier alpha value is -2.97. The molecular weight excluding hydrogens is 283 g/mol. The average molecular weight is 294 g/mol. The smallest absolute Gasteiger partial charge is 0.342 e. The Kier molecular flexibility index (Phi) is 3.83. The zero-order valence-electron chi connectivity index (χ0n) is 10.9. The van der Waals surface area contributed by atoms with Crippen LogP contribution in [0, 0.1) is 15.9 Å². The van der Waals surface area contributed by atoms with Gasteiger partial charge in [-0.3, -0.25) is 14.8 Å². The van der Waals surface area contributed by atoms with Crippen molar-refractivity contribution in [1.29, 1.82) is 0 Å². The molecule has 110 valence electrons. The molecule has 0 aliphatic carbocycles. The number of carboxylic acid groups (broad SMARTS) is 1. The third-order valence-electron chi connectivity index (χ3n) is 2.89. The Balaban J connectivity index is 2.32. The highest BCUT2D eigenvalue weighted by atomic mass is 19.1. The predicted molar refractivity (Wildman–Crippen MR) is 70.5 cm³/mol. The van der Waals surface area contributed by atoms with Crippen molar-refractivity contribution in [3.63, 3.8) is 0 Å². The Labute approximate surface area is 118 Å². The first kappa shape index (κ1) is 14.4. The molecule has 1 aromatic carbocycles. The number of carbonyl (C=O) groups is 1. The zero-order chi connectivity index (χ0) is 15.6. The van der Waals surface area contributed by atoms with Crippen LogP contribution in [-0.2, 0) is 13.6 Å². The van der Waals surface area contributed by atoms with Crippen LogP contribution in [0.5, 0.6) is 0 Å². The lowest BCUT2D eigenvalue weighted by molar-refractivity contribution is -0.385. The normalized spacial score (nSPS) is 10.4. The van der Waals surface area contributed by atoms with Gasteiger partial charge in [0.2, 0.25) is 0 Å². The number of nitrogens with one attached hydrogen (secondary N) is 1. The van der Waals surface area contributed by atoms with Gasteiger partial charge in [0.05, 0.1) is 28.9 Å².